The Kier molecular flexibility index (Phi) is 4.07. The zero-order valence-corrected chi connectivity index (χ0v) is 8.13. The van der Waals surface area contributed by atoms with Crippen LogP contribution >= 0.6 is 0 Å². The molecule has 0 saturated carbocycles. The molecule has 1 aliphatic heterocycles. The lowest BCUT2D eigenvalue weighted by Gasteiger charge is -2.04. The number of rotatable bonds is 0. The number of likely N-dealkylation sites (tertiary alicyclic amines) is 1. The van der Waals surface area contributed by atoms with E-state index >= 15 is 0 Å². The van der Waals surface area contributed by atoms with E-state index in [2.05, 4.69) is 4.98 Å². The molecule has 1 amide bonds. The highest BCUT2D eigenvalue weighted by Crippen LogP contribution is 2.06. The van der Waals surface area contributed by atoms with Gasteiger partial charge in [0, 0.05) is 26.0 Å². The van der Waals surface area contributed by atoms with Gasteiger partial charge in [0.1, 0.15) is 6.10 Å². The Hall–Kier alpha value is -1.42. The Morgan fingerprint density at radius 3 is 2.21 bits per heavy atom. The summed E-state index contributed by atoms with van der Waals surface area (Å²) < 4.78 is 0. The highest BCUT2D eigenvalue weighted by Gasteiger charge is 2.25. The maximum Gasteiger partial charge on any atom is 0.251 e. The molecule has 0 bridgehead atoms. The smallest absolute Gasteiger partial charge is 0.251 e. The first kappa shape index (κ1) is 10.7. The SMILES string of the molecule is CN1CCC(O)C1=O.c1ccncc1. The summed E-state index contributed by atoms with van der Waals surface area (Å²) in [6, 6.07) is 5.72. The third kappa shape index (κ3) is 3.14. The van der Waals surface area contributed by atoms with Crippen molar-refractivity contribution in [3.63, 3.8) is 0 Å². The summed E-state index contributed by atoms with van der Waals surface area (Å²) in [5.74, 6) is -0.148. The number of hydrogen-bond acceptors (Lipinski definition) is 3. The Morgan fingerprint density at radius 2 is 2.07 bits per heavy atom. The fourth-order valence-electron chi connectivity index (χ4n) is 1.12. The summed E-state index contributed by atoms with van der Waals surface area (Å²) in [4.78, 5) is 15.9. The van der Waals surface area contributed by atoms with Gasteiger partial charge in [0.25, 0.3) is 5.91 Å². The number of likely N-dealkylation sites (N-methyl/N-ethyl adjacent to an activating group) is 1. The second-order valence-corrected chi connectivity index (χ2v) is 3.09. The van der Waals surface area contributed by atoms with Crippen LogP contribution in [0.2, 0.25) is 0 Å². The number of aromatic nitrogens is 1. The normalized spacial score (nSPS) is 20.3. The molecule has 0 radical (unpaired) electrons. The minimum atomic E-state index is -0.722. The molecular weight excluding hydrogens is 180 g/mol. The summed E-state index contributed by atoms with van der Waals surface area (Å²) in [5.41, 5.74) is 0. The Balaban J connectivity index is 0.000000146. The molecule has 14 heavy (non-hydrogen) atoms. The molecule has 1 N–H and O–H groups in total. The number of carbonyl (C=O) groups excluding carboxylic acids is 1. The van der Waals surface area contributed by atoms with Crippen LogP contribution in [0.15, 0.2) is 30.6 Å². The topological polar surface area (TPSA) is 53.4 Å². The van der Waals surface area contributed by atoms with Gasteiger partial charge in [0.2, 0.25) is 0 Å². The van der Waals surface area contributed by atoms with E-state index in [9.17, 15) is 4.79 Å². The third-order valence-corrected chi connectivity index (χ3v) is 1.97. The molecule has 1 atom stereocenters. The largest absolute Gasteiger partial charge is 0.383 e. The fraction of sp³-hybridized carbons (Fsp3) is 0.400. The molecule has 1 aromatic rings. The first-order chi connectivity index (χ1) is 6.72. The lowest BCUT2D eigenvalue weighted by atomic mass is 10.3. The zero-order valence-electron chi connectivity index (χ0n) is 8.13. The van der Waals surface area contributed by atoms with Gasteiger partial charge in [-0.3, -0.25) is 9.78 Å². The highest BCUT2D eigenvalue weighted by molar-refractivity contribution is 5.82. The van der Waals surface area contributed by atoms with E-state index in [0.717, 1.165) is 0 Å². The molecule has 1 unspecified atom stereocenters. The van der Waals surface area contributed by atoms with Gasteiger partial charge in [-0.25, -0.2) is 0 Å². The van der Waals surface area contributed by atoms with Crippen molar-refractivity contribution in [3.05, 3.63) is 30.6 Å². The second kappa shape index (κ2) is 5.34. The van der Waals surface area contributed by atoms with E-state index in [-0.39, 0.29) is 5.91 Å². The lowest BCUT2D eigenvalue weighted by molar-refractivity contribution is -0.133. The van der Waals surface area contributed by atoms with Crippen LogP contribution in [0.1, 0.15) is 6.42 Å². The molecule has 0 spiro atoms. The predicted molar refractivity (Wildman–Crippen MR) is 52.5 cm³/mol. The zero-order chi connectivity index (χ0) is 10.4. The van der Waals surface area contributed by atoms with E-state index in [4.69, 9.17) is 5.11 Å². The lowest BCUT2D eigenvalue weighted by Crippen LogP contribution is -2.24. The van der Waals surface area contributed by atoms with Crippen LogP contribution in [-0.2, 0) is 4.79 Å². The maximum atomic E-state index is 10.6. The van der Waals surface area contributed by atoms with Crippen molar-refractivity contribution >= 4 is 5.91 Å². The van der Waals surface area contributed by atoms with Gasteiger partial charge in [-0.2, -0.15) is 0 Å². The van der Waals surface area contributed by atoms with E-state index in [1.54, 1.807) is 19.4 Å². The second-order valence-electron chi connectivity index (χ2n) is 3.09. The minimum absolute atomic E-state index is 0.148. The molecule has 2 rings (SSSR count). The monoisotopic (exact) mass is 194 g/mol. The average molecular weight is 194 g/mol. The fourth-order valence-corrected chi connectivity index (χ4v) is 1.12. The molecule has 1 fully saturated rings. The number of aliphatic hydroxyl groups is 1. The summed E-state index contributed by atoms with van der Waals surface area (Å²) >= 11 is 0. The Morgan fingerprint density at radius 1 is 1.43 bits per heavy atom. The predicted octanol–water partition coefficient (Wildman–Crippen LogP) is 0.291. The molecule has 4 nitrogen and oxygen atoms in total. The van der Waals surface area contributed by atoms with Gasteiger partial charge < -0.3 is 10.0 Å². The van der Waals surface area contributed by atoms with Crippen molar-refractivity contribution in [1.82, 2.24) is 9.88 Å². The van der Waals surface area contributed by atoms with Gasteiger partial charge in [0.05, 0.1) is 0 Å². The van der Waals surface area contributed by atoms with Gasteiger partial charge in [-0.15, -0.1) is 0 Å². The molecule has 0 aromatic carbocycles. The van der Waals surface area contributed by atoms with Crippen LogP contribution in [0.3, 0.4) is 0 Å². The van der Waals surface area contributed by atoms with Crippen molar-refractivity contribution in [2.45, 2.75) is 12.5 Å². The van der Waals surface area contributed by atoms with Gasteiger partial charge >= 0.3 is 0 Å². The van der Waals surface area contributed by atoms with Crippen LogP contribution < -0.4 is 0 Å². The van der Waals surface area contributed by atoms with E-state index in [1.807, 2.05) is 18.2 Å². The minimum Gasteiger partial charge on any atom is -0.383 e. The number of carbonyl (C=O) groups is 1. The standard InChI is InChI=1S/C5H9NO2.C5H5N/c1-6-3-2-4(7)5(6)8;1-2-4-6-5-3-1/h4,7H,2-3H2,1H3;1-5H. The quantitative estimate of drug-likeness (QED) is 0.646. The van der Waals surface area contributed by atoms with Crippen LogP contribution in [0.4, 0.5) is 0 Å². The van der Waals surface area contributed by atoms with Crippen LogP contribution in [-0.4, -0.2) is 40.6 Å². The van der Waals surface area contributed by atoms with Crippen molar-refractivity contribution in [3.8, 4) is 0 Å². The number of amides is 1. The molecule has 76 valence electrons. The maximum absolute atomic E-state index is 10.6. The first-order valence-corrected chi connectivity index (χ1v) is 4.50. The molecule has 4 heteroatoms. The third-order valence-electron chi connectivity index (χ3n) is 1.97. The Labute approximate surface area is 83.2 Å². The molecular formula is C10H14N2O2. The molecule has 1 aliphatic rings. The molecule has 0 aliphatic carbocycles. The van der Waals surface area contributed by atoms with Crippen molar-refractivity contribution in [1.29, 1.82) is 0 Å². The van der Waals surface area contributed by atoms with Crippen LogP contribution in [0.25, 0.3) is 0 Å². The summed E-state index contributed by atoms with van der Waals surface area (Å²) in [5, 5.41) is 8.78. The van der Waals surface area contributed by atoms with Gasteiger partial charge in [-0.1, -0.05) is 6.07 Å². The first-order valence-electron chi connectivity index (χ1n) is 4.50. The number of hydrogen-bond donors (Lipinski definition) is 1. The van der Waals surface area contributed by atoms with Crippen molar-refractivity contribution in [2.75, 3.05) is 13.6 Å². The number of pyridine rings is 1. The summed E-state index contributed by atoms with van der Waals surface area (Å²) in [7, 11) is 1.69. The van der Waals surface area contributed by atoms with Crippen LogP contribution in [0.5, 0.6) is 0 Å². The molecule has 1 saturated heterocycles. The van der Waals surface area contributed by atoms with E-state index in [1.165, 1.54) is 4.90 Å². The van der Waals surface area contributed by atoms with Gasteiger partial charge in [-0.05, 0) is 18.6 Å². The summed E-state index contributed by atoms with van der Waals surface area (Å²) in [6.45, 7) is 0.694. The van der Waals surface area contributed by atoms with E-state index < -0.39 is 6.10 Å². The number of nitrogens with zero attached hydrogens (tertiary/aromatic N) is 2. The van der Waals surface area contributed by atoms with Crippen molar-refractivity contribution < 1.29 is 9.90 Å². The van der Waals surface area contributed by atoms with Crippen LogP contribution in [0, 0.1) is 0 Å². The van der Waals surface area contributed by atoms with Crippen molar-refractivity contribution in [2.24, 2.45) is 0 Å². The van der Waals surface area contributed by atoms with Gasteiger partial charge in [0.15, 0.2) is 0 Å². The highest BCUT2D eigenvalue weighted by atomic mass is 16.3. The Bertz CT molecular complexity index is 238. The molecule has 2 heterocycles. The number of aliphatic hydroxyl groups excluding tert-OH is 1. The molecule has 1 aromatic heterocycles. The summed E-state index contributed by atoms with van der Waals surface area (Å²) in [6.07, 6.45) is 3.37. The average Bonchev–Trinajstić information content (AvgIpc) is 2.53. The van der Waals surface area contributed by atoms with E-state index in [0.29, 0.717) is 13.0 Å².